The molecule has 1 N–H and O–H groups in total. The van der Waals surface area contributed by atoms with Gasteiger partial charge in [-0.05, 0) is 37.6 Å². The van der Waals surface area contributed by atoms with Gasteiger partial charge in [0.2, 0.25) is 20.0 Å². The van der Waals surface area contributed by atoms with E-state index in [9.17, 15) is 16.8 Å². The summed E-state index contributed by atoms with van der Waals surface area (Å²) in [7, 11) is -7.19. The van der Waals surface area contributed by atoms with Gasteiger partial charge >= 0.3 is 0 Å². The number of hydrogen-bond donors (Lipinski definition) is 1. The highest BCUT2D eigenvalue weighted by atomic mass is 32.2. The Balaban J connectivity index is 1.64. The molecule has 1 saturated heterocycles. The van der Waals surface area contributed by atoms with Crippen molar-refractivity contribution in [3.05, 3.63) is 42.9 Å². The van der Waals surface area contributed by atoms with E-state index in [4.69, 9.17) is 0 Å². The topological polar surface area (TPSA) is 113 Å². The summed E-state index contributed by atoms with van der Waals surface area (Å²) in [6, 6.07) is 6.17. The molecule has 2 aromatic rings. The van der Waals surface area contributed by atoms with Crippen molar-refractivity contribution in [2.24, 2.45) is 0 Å². The van der Waals surface area contributed by atoms with Crippen LogP contribution in [0.15, 0.2) is 52.6 Å². The van der Waals surface area contributed by atoms with Crippen molar-refractivity contribution in [1.29, 1.82) is 0 Å². The molecule has 3 rings (SSSR count). The Morgan fingerprint density at radius 3 is 2.33 bits per heavy atom. The van der Waals surface area contributed by atoms with Gasteiger partial charge in [-0.25, -0.2) is 26.5 Å². The van der Waals surface area contributed by atoms with Gasteiger partial charge in [-0.3, -0.25) is 4.98 Å². The molecular weight excluding hydrogens is 426 g/mol. The third kappa shape index (κ3) is 5.15. The largest absolute Gasteiger partial charge is 0.354 e. The first-order valence-corrected chi connectivity index (χ1v) is 12.8. The molecule has 1 aliphatic rings. The van der Waals surface area contributed by atoms with Gasteiger partial charge in [-0.2, -0.15) is 4.31 Å². The van der Waals surface area contributed by atoms with E-state index in [2.05, 4.69) is 14.7 Å². The molecule has 0 bridgehead atoms. The second kappa shape index (κ2) is 9.38. The Bertz CT molecular complexity index is 1040. The maximum absolute atomic E-state index is 12.7. The normalized spacial score (nSPS) is 17.1. The van der Waals surface area contributed by atoms with Crippen LogP contribution in [0.25, 0.3) is 0 Å². The number of rotatable bonds is 8. The second-order valence-corrected chi connectivity index (χ2v) is 10.9. The van der Waals surface area contributed by atoms with Gasteiger partial charge in [0.1, 0.15) is 15.6 Å². The van der Waals surface area contributed by atoms with Crippen molar-refractivity contribution in [3.8, 4) is 0 Å². The van der Waals surface area contributed by atoms with Crippen molar-refractivity contribution in [3.63, 3.8) is 0 Å². The van der Waals surface area contributed by atoms with Gasteiger partial charge in [0.15, 0.2) is 0 Å². The molecule has 0 unspecified atom stereocenters. The standard InChI is InChI=1S/C19H27N5O4S2/c1-3-5-16(2)22-29(25,26)17-7-8-19(21-15-17)23-10-12-24(13-11-23)30(27,28)18-6-4-9-20-14-18/h4,6-9,14-16,22H,3,5,10-13H2,1-2H3/t16-/m1/s1. The van der Waals surface area contributed by atoms with Crippen LogP contribution in [0.1, 0.15) is 26.7 Å². The van der Waals surface area contributed by atoms with Crippen molar-refractivity contribution in [2.75, 3.05) is 31.1 Å². The molecule has 0 amide bonds. The lowest BCUT2D eigenvalue weighted by Gasteiger charge is -2.34. The van der Waals surface area contributed by atoms with Crippen LogP contribution in [-0.4, -0.2) is 63.3 Å². The average Bonchev–Trinajstić information content (AvgIpc) is 2.74. The molecule has 3 heterocycles. The Morgan fingerprint density at radius 2 is 1.77 bits per heavy atom. The number of nitrogens with one attached hydrogen (secondary N) is 1. The SMILES string of the molecule is CCC[C@@H](C)NS(=O)(=O)c1ccc(N2CCN(S(=O)(=O)c3cccnc3)CC2)nc1. The molecule has 0 aromatic carbocycles. The van der Waals surface area contributed by atoms with E-state index >= 15 is 0 Å². The molecule has 0 aliphatic carbocycles. The smallest absolute Gasteiger partial charge is 0.244 e. The minimum absolute atomic E-state index is 0.118. The summed E-state index contributed by atoms with van der Waals surface area (Å²) >= 11 is 0. The summed E-state index contributed by atoms with van der Waals surface area (Å²) < 4.78 is 54.4. The van der Waals surface area contributed by atoms with Crippen LogP contribution in [0.2, 0.25) is 0 Å². The number of aromatic nitrogens is 2. The number of sulfonamides is 2. The Kier molecular flexibility index (Phi) is 7.06. The molecule has 0 radical (unpaired) electrons. The lowest BCUT2D eigenvalue weighted by atomic mass is 10.2. The highest BCUT2D eigenvalue weighted by molar-refractivity contribution is 7.89. The fraction of sp³-hybridized carbons (Fsp3) is 0.474. The fourth-order valence-corrected chi connectivity index (χ4v) is 5.96. The van der Waals surface area contributed by atoms with Crippen LogP contribution in [-0.2, 0) is 20.0 Å². The molecule has 1 aliphatic heterocycles. The molecule has 30 heavy (non-hydrogen) atoms. The minimum atomic E-state index is -3.61. The lowest BCUT2D eigenvalue weighted by Crippen LogP contribution is -2.48. The van der Waals surface area contributed by atoms with Gasteiger partial charge in [0, 0.05) is 50.8 Å². The maximum Gasteiger partial charge on any atom is 0.244 e. The zero-order valence-electron chi connectivity index (χ0n) is 17.1. The highest BCUT2D eigenvalue weighted by Gasteiger charge is 2.29. The van der Waals surface area contributed by atoms with E-state index in [-0.39, 0.29) is 15.8 Å². The van der Waals surface area contributed by atoms with Crippen LogP contribution < -0.4 is 9.62 Å². The van der Waals surface area contributed by atoms with E-state index in [1.54, 1.807) is 12.1 Å². The van der Waals surface area contributed by atoms with Gasteiger partial charge in [0.25, 0.3) is 0 Å². The molecule has 9 nitrogen and oxygen atoms in total. The number of anilines is 1. The molecule has 164 valence electrons. The Hall–Kier alpha value is -2.08. The molecule has 11 heteroatoms. The third-order valence-corrected chi connectivity index (χ3v) is 8.40. The van der Waals surface area contributed by atoms with Crippen LogP contribution >= 0.6 is 0 Å². The molecule has 1 fully saturated rings. The second-order valence-electron chi connectivity index (χ2n) is 7.24. The number of piperazine rings is 1. The molecule has 0 saturated carbocycles. The van der Waals surface area contributed by atoms with Gasteiger partial charge in [-0.15, -0.1) is 0 Å². The van der Waals surface area contributed by atoms with E-state index in [0.717, 1.165) is 12.8 Å². The first kappa shape index (κ1) is 22.6. The van der Waals surface area contributed by atoms with Gasteiger partial charge < -0.3 is 4.90 Å². The van der Waals surface area contributed by atoms with Gasteiger partial charge in [0.05, 0.1) is 0 Å². The third-order valence-electron chi connectivity index (χ3n) is 4.94. The average molecular weight is 454 g/mol. The van der Waals surface area contributed by atoms with Crippen molar-refractivity contribution in [1.82, 2.24) is 19.0 Å². The maximum atomic E-state index is 12.7. The molecule has 1 atom stereocenters. The Morgan fingerprint density at radius 1 is 1.03 bits per heavy atom. The monoisotopic (exact) mass is 453 g/mol. The Labute approximate surface area is 178 Å². The van der Waals surface area contributed by atoms with Crippen molar-refractivity contribution < 1.29 is 16.8 Å². The first-order valence-electron chi connectivity index (χ1n) is 9.87. The van der Waals surface area contributed by atoms with E-state index in [1.165, 1.54) is 35.0 Å². The first-order chi connectivity index (χ1) is 14.2. The summed E-state index contributed by atoms with van der Waals surface area (Å²) in [4.78, 5) is 10.4. The number of hydrogen-bond acceptors (Lipinski definition) is 7. The molecule has 0 spiro atoms. The van der Waals surface area contributed by atoms with E-state index < -0.39 is 20.0 Å². The zero-order chi connectivity index (χ0) is 21.8. The van der Waals surface area contributed by atoms with Crippen LogP contribution in [0.4, 0.5) is 5.82 Å². The quantitative estimate of drug-likeness (QED) is 0.644. The van der Waals surface area contributed by atoms with E-state index in [0.29, 0.717) is 32.0 Å². The predicted molar refractivity (Wildman–Crippen MR) is 114 cm³/mol. The van der Waals surface area contributed by atoms with Crippen LogP contribution in [0, 0.1) is 0 Å². The highest BCUT2D eigenvalue weighted by Crippen LogP contribution is 2.20. The van der Waals surface area contributed by atoms with Crippen LogP contribution in [0.5, 0.6) is 0 Å². The molecular formula is C19H27N5O4S2. The fourth-order valence-electron chi connectivity index (χ4n) is 3.35. The summed E-state index contributed by atoms with van der Waals surface area (Å²) in [5, 5.41) is 0. The summed E-state index contributed by atoms with van der Waals surface area (Å²) in [6.07, 6.45) is 5.87. The summed E-state index contributed by atoms with van der Waals surface area (Å²) in [5.74, 6) is 0.619. The van der Waals surface area contributed by atoms with Crippen LogP contribution in [0.3, 0.4) is 0 Å². The molecule has 2 aromatic heterocycles. The summed E-state index contributed by atoms with van der Waals surface area (Å²) in [6.45, 7) is 5.39. The lowest BCUT2D eigenvalue weighted by molar-refractivity contribution is 0.383. The predicted octanol–water partition coefficient (Wildman–Crippen LogP) is 1.45. The number of nitrogens with zero attached hydrogens (tertiary/aromatic N) is 4. The van der Waals surface area contributed by atoms with Crippen molar-refractivity contribution in [2.45, 2.75) is 42.5 Å². The summed E-state index contributed by atoms with van der Waals surface area (Å²) in [5.41, 5.74) is 0. The van der Waals surface area contributed by atoms with Crippen molar-refractivity contribution >= 4 is 25.9 Å². The minimum Gasteiger partial charge on any atom is -0.354 e. The number of pyridine rings is 2. The zero-order valence-corrected chi connectivity index (χ0v) is 18.7. The van der Waals surface area contributed by atoms with Gasteiger partial charge in [-0.1, -0.05) is 13.3 Å². The van der Waals surface area contributed by atoms with E-state index in [1.807, 2.05) is 18.7 Å².